The molecule has 1 aliphatic rings. The summed E-state index contributed by atoms with van der Waals surface area (Å²) in [5.74, 6) is -0.298. The molecule has 0 spiro atoms. The lowest BCUT2D eigenvalue weighted by atomic mass is 10.2. The Hall–Kier alpha value is -1.98. The van der Waals surface area contributed by atoms with Crippen LogP contribution in [0.4, 0.5) is 5.13 Å². The van der Waals surface area contributed by atoms with E-state index in [-0.39, 0.29) is 39.9 Å². The third-order valence-electron chi connectivity index (χ3n) is 3.77. The Morgan fingerprint density at radius 3 is 2.65 bits per heavy atom. The first-order valence-electron chi connectivity index (χ1n) is 7.76. The van der Waals surface area contributed by atoms with Gasteiger partial charge in [-0.3, -0.25) is 9.52 Å². The molecule has 3 rings (SSSR count). The largest absolute Gasteiger partial charge is 0.352 e. The predicted molar refractivity (Wildman–Crippen MR) is 98.3 cm³/mol. The van der Waals surface area contributed by atoms with Crippen molar-refractivity contribution in [3.05, 3.63) is 41.4 Å². The molecule has 2 heterocycles. The second-order valence-corrected chi connectivity index (χ2v) is 10.7. The Bertz CT molecular complexity index is 1000. The first kappa shape index (κ1) is 18.8. The molecule has 2 N–H and O–H groups in total. The van der Waals surface area contributed by atoms with Crippen LogP contribution in [0.25, 0.3) is 0 Å². The predicted octanol–water partition coefficient (Wildman–Crippen LogP) is 0.790. The van der Waals surface area contributed by atoms with Crippen LogP contribution in [0.5, 0.6) is 0 Å². The van der Waals surface area contributed by atoms with E-state index in [1.165, 1.54) is 12.1 Å². The van der Waals surface area contributed by atoms with Gasteiger partial charge in [0, 0.05) is 11.4 Å². The summed E-state index contributed by atoms with van der Waals surface area (Å²) in [6, 6.07) is 7.53. The number of thiazole rings is 1. The standard InChI is InChI=1S/C15H17N3O5S3/c19-14(16-11-6-7-25(20,21)10-11)8-12-9-24-15(17-12)18-26(22,23)13-4-2-1-3-5-13/h1-5,9,11H,6-8,10H2,(H,16,19)(H,17,18). The molecule has 0 bridgehead atoms. The van der Waals surface area contributed by atoms with Gasteiger partial charge in [0.25, 0.3) is 10.0 Å². The molecule has 8 nitrogen and oxygen atoms in total. The lowest BCUT2D eigenvalue weighted by Gasteiger charge is -2.09. The van der Waals surface area contributed by atoms with E-state index in [9.17, 15) is 21.6 Å². The van der Waals surface area contributed by atoms with Crippen LogP contribution in [0.15, 0.2) is 40.6 Å². The quantitative estimate of drug-likeness (QED) is 0.719. The van der Waals surface area contributed by atoms with E-state index in [1.807, 2.05) is 0 Å². The molecule has 26 heavy (non-hydrogen) atoms. The minimum Gasteiger partial charge on any atom is -0.352 e. The van der Waals surface area contributed by atoms with E-state index in [2.05, 4.69) is 15.0 Å². The number of carbonyl (C=O) groups excluding carboxylic acids is 1. The van der Waals surface area contributed by atoms with Crippen molar-refractivity contribution in [2.75, 3.05) is 16.2 Å². The molecule has 1 saturated heterocycles. The topological polar surface area (TPSA) is 122 Å². The molecule has 0 saturated carbocycles. The number of anilines is 1. The molecular weight excluding hydrogens is 398 g/mol. The van der Waals surface area contributed by atoms with Crippen molar-refractivity contribution in [3.8, 4) is 0 Å². The van der Waals surface area contributed by atoms with Crippen molar-refractivity contribution >= 4 is 42.2 Å². The van der Waals surface area contributed by atoms with Gasteiger partial charge in [0.15, 0.2) is 15.0 Å². The van der Waals surface area contributed by atoms with Crippen LogP contribution in [0.1, 0.15) is 12.1 Å². The molecule has 1 amide bonds. The van der Waals surface area contributed by atoms with Gasteiger partial charge < -0.3 is 5.32 Å². The second kappa shape index (κ2) is 7.33. The van der Waals surface area contributed by atoms with E-state index < -0.39 is 19.9 Å². The van der Waals surface area contributed by atoms with E-state index >= 15 is 0 Å². The summed E-state index contributed by atoms with van der Waals surface area (Å²) in [6.45, 7) is 0. The van der Waals surface area contributed by atoms with Crippen molar-refractivity contribution in [3.63, 3.8) is 0 Å². The molecule has 140 valence electrons. The van der Waals surface area contributed by atoms with Crippen LogP contribution in [0.2, 0.25) is 0 Å². The summed E-state index contributed by atoms with van der Waals surface area (Å²) in [6.07, 6.45) is 0.368. The number of aromatic nitrogens is 1. The summed E-state index contributed by atoms with van der Waals surface area (Å²) in [7, 11) is -6.79. The highest BCUT2D eigenvalue weighted by atomic mass is 32.2. The Morgan fingerprint density at radius 2 is 2.00 bits per heavy atom. The second-order valence-electron chi connectivity index (χ2n) is 5.91. The van der Waals surface area contributed by atoms with Gasteiger partial charge in [-0.05, 0) is 18.6 Å². The van der Waals surface area contributed by atoms with Gasteiger partial charge in [0.05, 0.1) is 28.5 Å². The lowest BCUT2D eigenvalue weighted by molar-refractivity contribution is -0.121. The normalized spacial score (nSPS) is 19.2. The van der Waals surface area contributed by atoms with Crippen molar-refractivity contribution < 1.29 is 21.6 Å². The number of hydrogen-bond acceptors (Lipinski definition) is 7. The Labute approximate surface area is 155 Å². The highest BCUT2D eigenvalue weighted by Gasteiger charge is 2.29. The average molecular weight is 416 g/mol. The van der Waals surface area contributed by atoms with Crippen molar-refractivity contribution in [2.24, 2.45) is 0 Å². The SMILES string of the molecule is O=C(Cc1csc(NS(=O)(=O)c2ccccc2)n1)NC1CCS(=O)(=O)C1. The molecule has 1 aromatic carbocycles. The maximum absolute atomic E-state index is 12.2. The van der Waals surface area contributed by atoms with Gasteiger partial charge in [-0.25, -0.2) is 21.8 Å². The Balaban J connectivity index is 1.59. The fourth-order valence-corrected chi connectivity index (χ4v) is 6.22. The summed E-state index contributed by atoms with van der Waals surface area (Å²) >= 11 is 1.08. The highest BCUT2D eigenvalue weighted by Crippen LogP contribution is 2.20. The number of carbonyl (C=O) groups is 1. The molecule has 1 unspecified atom stereocenters. The van der Waals surface area contributed by atoms with Crippen molar-refractivity contribution in [2.45, 2.75) is 23.8 Å². The van der Waals surface area contributed by atoms with Gasteiger partial charge in [0.2, 0.25) is 5.91 Å². The summed E-state index contributed by atoms with van der Waals surface area (Å²) in [4.78, 5) is 16.3. The number of benzene rings is 1. The average Bonchev–Trinajstić information content (AvgIpc) is 3.13. The number of rotatable bonds is 6. The highest BCUT2D eigenvalue weighted by molar-refractivity contribution is 7.93. The first-order chi connectivity index (χ1) is 12.2. The summed E-state index contributed by atoms with van der Waals surface area (Å²) in [5, 5.41) is 4.43. The fourth-order valence-electron chi connectivity index (χ4n) is 2.56. The number of amides is 1. The van der Waals surface area contributed by atoms with Crippen molar-refractivity contribution in [1.29, 1.82) is 0 Å². The zero-order valence-electron chi connectivity index (χ0n) is 13.6. The maximum Gasteiger partial charge on any atom is 0.263 e. The van der Waals surface area contributed by atoms with E-state index in [0.29, 0.717) is 12.1 Å². The molecule has 0 radical (unpaired) electrons. The van der Waals surface area contributed by atoms with Crippen LogP contribution < -0.4 is 10.0 Å². The van der Waals surface area contributed by atoms with E-state index in [1.54, 1.807) is 23.6 Å². The maximum atomic E-state index is 12.2. The third-order valence-corrected chi connectivity index (χ3v) is 7.82. The Morgan fingerprint density at radius 1 is 1.27 bits per heavy atom. The zero-order chi connectivity index (χ0) is 18.8. The molecule has 1 atom stereocenters. The van der Waals surface area contributed by atoms with Gasteiger partial charge in [-0.2, -0.15) is 0 Å². The fraction of sp³-hybridized carbons (Fsp3) is 0.333. The smallest absolute Gasteiger partial charge is 0.263 e. The number of nitrogens with zero attached hydrogens (tertiary/aromatic N) is 1. The minimum absolute atomic E-state index is 0.0416. The monoisotopic (exact) mass is 415 g/mol. The van der Waals surface area contributed by atoms with E-state index in [0.717, 1.165) is 11.3 Å². The first-order valence-corrected chi connectivity index (χ1v) is 11.9. The van der Waals surface area contributed by atoms with Gasteiger partial charge in [-0.1, -0.05) is 18.2 Å². The number of sulfonamides is 1. The van der Waals surface area contributed by atoms with Crippen LogP contribution in [-0.4, -0.2) is 45.3 Å². The lowest BCUT2D eigenvalue weighted by Crippen LogP contribution is -2.36. The summed E-state index contributed by atoms with van der Waals surface area (Å²) in [5.41, 5.74) is 0.416. The molecule has 1 aromatic heterocycles. The van der Waals surface area contributed by atoms with Crippen LogP contribution in [-0.2, 0) is 31.1 Å². The van der Waals surface area contributed by atoms with Crippen molar-refractivity contribution in [1.82, 2.24) is 10.3 Å². The number of hydrogen-bond donors (Lipinski definition) is 2. The van der Waals surface area contributed by atoms with Crippen LogP contribution >= 0.6 is 11.3 Å². The molecule has 2 aromatic rings. The van der Waals surface area contributed by atoms with Gasteiger partial charge in [0.1, 0.15) is 0 Å². The third kappa shape index (κ3) is 4.80. The van der Waals surface area contributed by atoms with Crippen LogP contribution in [0.3, 0.4) is 0 Å². The minimum atomic E-state index is -3.73. The molecule has 1 aliphatic heterocycles. The molecule has 0 aliphatic carbocycles. The molecule has 1 fully saturated rings. The number of nitrogens with one attached hydrogen (secondary N) is 2. The summed E-state index contributed by atoms with van der Waals surface area (Å²) < 4.78 is 49.7. The van der Waals surface area contributed by atoms with Gasteiger partial charge in [-0.15, -0.1) is 11.3 Å². The Kier molecular flexibility index (Phi) is 5.30. The van der Waals surface area contributed by atoms with E-state index in [4.69, 9.17) is 0 Å². The zero-order valence-corrected chi connectivity index (χ0v) is 16.0. The van der Waals surface area contributed by atoms with Gasteiger partial charge >= 0.3 is 0 Å². The molecular formula is C15H17N3O5S3. The number of sulfone groups is 1. The van der Waals surface area contributed by atoms with Crippen LogP contribution in [0, 0.1) is 0 Å². The molecule has 11 heteroatoms.